The minimum Gasteiger partial charge on any atom is -0.361 e. The first-order chi connectivity index (χ1) is 15.1. The fourth-order valence-electron chi connectivity index (χ4n) is 3.96. The molecule has 1 atom stereocenters. The van der Waals surface area contributed by atoms with Crippen molar-refractivity contribution < 1.29 is 14.3 Å². The van der Waals surface area contributed by atoms with E-state index in [1.807, 2.05) is 54.6 Å². The Kier molecular flexibility index (Phi) is 6.04. The molecule has 3 aromatic rings. The van der Waals surface area contributed by atoms with Crippen LogP contribution in [0.3, 0.4) is 0 Å². The molecule has 1 aliphatic heterocycles. The summed E-state index contributed by atoms with van der Waals surface area (Å²) < 4.78 is 6.09. The van der Waals surface area contributed by atoms with Crippen LogP contribution >= 0.6 is 0 Å². The Morgan fingerprint density at radius 1 is 1.10 bits per heavy atom. The molecule has 0 spiro atoms. The molecular formula is C24H24N4O3. The number of carbonyl (C=O) groups excluding carboxylic acids is 2. The molecule has 158 valence electrons. The Morgan fingerprint density at radius 3 is 2.61 bits per heavy atom. The highest BCUT2D eigenvalue weighted by molar-refractivity contribution is 5.93. The van der Waals surface area contributed by atoms with Gasteiger partial charge in [-0.3, -0.25) is 14.6 Å². The Labute approximate surface area is 181 Å². The molecule has 4 rings (SSSR count). The number of morpholine rings is 1. The number of benzene rings is 2. The van der Waals surface area contributed by atoms with Gasteiger partial charge in [0, 0.05) is 32.4 Å². The first-order valence-electron chi connectivity index (χ1n) is 10.2. The van der Waals surface area contributed by atoms with Gasteiger partial charge in [0.15, 0.2) is 5.60 Å². The maximum absolute atomic E-state index is 13.0. The van der Waals surface area contributed by atoms with E-state index in [1.165, 1.54) is 18.6 Å². The molecule has 1 aromatic heterocycles. The lowest BCUT2D eigenvalue weighted by Crippen LogP contribution is -2.61. The molecule has 1 aliphatic rings. The standard InChI is InChI=1S/C24H24N4O3/c1-25-23(30)24(15-19-9-5-6-10-20(19)18-7-3-2-4-8-18)17-28(13-14-31-24)22(29)21-16-26-11-12-27-21/h2-12,16H,13-15,17H2,1H3,(H,25,30). The van der Waals surface area contributed by atoms with Crippen molar-refractivity contribution in [2.24, 2.45) is 0 Å². The van der Waals surface area contributed by atoms with Crippen LogP contribution < -0.4 is 5.32 Å². The first-order valence-corrected chi connectivity index (χ1v) is 10.2. The van der Waals surface area contributed by atoms with Gasteiger partial charge in [0.1, 0.15) is 5.69 Å². The van der Waals surface area contributed by atoms with Crippen LogP contribution in [0.5, 0.6) is 0 Å². The Bertz CT molecular complexity index is 1060. The number of rotatable bonds is 5. The number of likely N-dealkylation sites (N-methyl/N-ethyl adjacent to an activating group) is 1. The maximum Gasteiger partial charge on any atom is 0.274 e. The lowest BCUT2D eigenvalue weighted by Gasteiger charge is -2.41. The number of hydrogen-bond donors (Lipinski definition) is 1. The van der Waals surface area contributed by atoms with Crippen LogP contribution in [0, 0.1) is 0 Å². The van der Waals surface area contributed by atoms with Gasteiger partial charge in [0.05, 0.1) is 19.3 Å². The van der Waals surface area contributed by atoms with Crippen molar-refractivity contribution in [2.75, 3.05) is 26.7 Å². The third kappa shape index (κ3) is 4.32. The predicted octanol–water partition coefficient (Wildman–Crippen LogP) is 2.34. The highest BCUT2D eigenvalue weighted by Gasteiger charge is 2.45. The molecular weight excluding hydrogens is 392 g/mol. The molecule has 0 aliphatic carbocycles. The normalized spacial score (nSPS) is 18.4. The fourth-order valence-corrected chi connectivity index (χ4v) is 3.96. The molecule has 2 amide bonds. The van der Waals surface area contributed by atoms with E-state index in [-0.39, 0.29) is 30.7 Å². The molecule has 1 fully saturated rings. The maximum atomic E-state index is 13.0. The lowest BCUT2D eigenvalue weighted by atomic mass is 9.87. The number of ether oxygens (including phenoxy) is 1. The van der Waals surface area contributed by atoms with Crippen LogP contribution in [-0.2, 0) is 16.0 Å². The van der Waals surface area contributed by atoms with E-state index in [0.29, 0.717) is 13.0 Å². The molecule has 1 unspecified atom stereocenters. The van der Waals surface area contributed by atoms with Gasteiger partial charge in [-0.25, -0.2) is 4.98 Å². The van der Waals surface area contributed by atoms with E-state index >= 15 is 0 Å². The second kappa shape index (κ2) is 9.06. The third-order valence-electron chi connectivity index (χ3n) is 5.47. The molecule has 0 bridgehead atoms. The fraction of sp³-hybridized carbons (Fsp3) is 0.250. The average molecular weight is 416 g/mol. The van der Waals surface area contributed by atoms with Crippen LogP contribution in [0.1, 0.15) is 16.1 Å². The van der Waals surface area contributed by atoms with E-state index in [4.69, 9.17) is 4.74 Å². The lowest BCUT2D eigenvalue weighted by molar-refractivity contribution is -0.156. The van der Waals surface area contributed by atoms with Crippen LogP contribution in [0.15, 0.2) is 73.2 Å². The van der Waals surface area contributed by atoms with Gasteiger partial charge in [-0.05, 0) is 16.7 Å². The molecule has 2 heterocycles. The summed E-state index contributed by atoms with van der Waals surface area (Å²) in [5.74, 6) is -0.520. The topological polar surface area (TPSA) is 84.4 Å². The van der Waals surface area contributed by atoms with Gasteiger partial charge in [0.25, 0.3) is 11.8 Å². The molecule has 0 saturated carbocycles. The van der Waals surface area contributed by atoms with Crippen LogP contribution in [0.2, 0.25) is 0 Å². The Morgan fingerprint density at radius 2 is 1.87 bits per heavy atom. The largest absolute Gasteiger partial charge is 0.361 e. The van der Waals surface area contributed by atoms with Gasteiger partial charge in [-0.1, -0.05) is 54.6 Å². The highest BCUT2D eigenvalue weighted by Crippen LogP contribution is 2.30. The van der Waals surface area contributed by atoms with Crippen LogP contribution in [0.25, 0.3) is 11.1 Å². The quantitative estimate of drug-likeness (QED) is 0.690. The molecule has 1 saturated heterocycles. The summed E-state index contributed by atoms with van der Waals surface area (Å²) in [5, 5.41) is 2.72. The smallest absolute Gasteiger partial charge is 0.274 e. The summed E-state index contributed by atoms with van der Waals surface area (Å²) in [6.45, 7) is 0.770. The zero-order valence-electron chi connectivity index (χ0n) is 17.3. The van der Waals surface area contributed by atoms with Crippen molar-refractivity contribution in [3.8, 4) is 11.1 Å². The number of carbonyl (C=O) groups is 2. The van der Waals surface area contributed by atoms with E-state index in [1.54, 1.807) is 11.9 Å². The monoisotopic (exact) mass is 416 g/mol. The summed E-state index contributed by atoms with van der Waals surface area (Å²) in [6, 6.07) is 18.0. The number of nitrogens with zero attached hydrogens (tertiary/aromatic N) is 3. The highest BCUT2D eigenvalue weighted by atomic mass is 16.5. The number of aromatic nitrogens is 2. The molecule has 2 aromatic carbocycles. The molecule has 0 radical (unpaired) electrons. The van der Waals surface area contributed by atoms with Crippen molar-refractivity contribution in [1.29, 1.82) is 0 Å². The minimum absolute atomic E-state index is 0.130. The van der Waals surface area contributed by atoms with Crippen molar-refractivity contribution in [2.45, 2.75) is 12.0 Å². The van der Waals surface area contributed by atoms with Gasteiger partial charge < -0.3 is 15.0 Å². The van der Waals surface area contributed by atoms with Crippen molar-refractivity contribution >= 4 is 11.8 Å². The molecule has 7 nitrogen and oxygen atoms in total. The zero-order valence-corrected chi connectivity index (χ0v) is 17.3. The van der Waals surface area contributed by atoms with Crippen LogP contribution in [-0.4, -0.2) is 59.0 Å². The SMILES string of the molecule is CNC(=O)C1(Cc2ccccc2-c2ccccc2)CN(C(=O)c2cnccn2)CCO1. The van der Waals surface area contributed by atoms with Crippen molar-refractivity contribution in [3.05, 3.63) is 84.4 Å². The van der Waals surface area contributed by atoms with Gasteiger partial charge in [0.2, 0.25) is 0 Å². The molecule has 7 heteroatoms. The molecule has 1 N–H and O–H groups in total. The van der Waals surface area contributed by atoms with Crippen molar-refractivity contribution in [1.82, 2.24) is 20.2 Å². The third-order valence-corrected chi connectivity index (χ3v) is 5.47. The zero-order chi connectivity index (χ0) is 21.7. The van der Waals surface area contributed by atoms with Gasteiger partial charge in [-0.2, -0.15) is 0 Å². The number of amides is 2. The molecule has 31 heavy (non-hydrogen) atoms. The first kappa shape index (κ1) is 20.7. The summed E-state index contributed by atoms with van der Waals surface area (Å²) >= 11 is 0. The second-order valence-corrected chi connectivity index (χ2v) is 7.44. The minimum atomic E-state index is -1.20. The van der Waals surface area contributed by atoms with Crippen LogP contribution in [0.4, 0.5) is 0 Å². The van der Waals surface area contributed by atoms with Gasteiger partial charge in [-0.15, -0.1) is 0 Å². The average Bonchev–Trinajstić information content (AvgIpc) is 2.84. The predicted molar refractivity (Wildman–Crippen MR) is 116 cm³/mol. The van der Waals surface area contributed by atoms with E-state index in [2.05, 4.69) is 15.3 Å². The van der Waals surface area contributed by atoms with Gasteiger partial charge >= 0.3 is 0 Å². The number of nitrogens with one attached hydrogen (secondary N) is 1. The Hall–Kier alpha value is -3.58. The summed E-state index contributed by atoms with van der Waals surface area (Å²) in [7, 11) is 1.58. The second-order valence-electron chi connectivity index (χ2n) is 7.44. The Balaban J connectivity index is 1.67. The number of hydrogen-bond acceptors (Lipinski definition) is 5. The summed E-state index contributed by atoms with van der Waals surface area (Å²) in [6.07, 6.45) is 4.77. The van der Waals surface area contributed by atoms with E-state index < -0.39 is 5.60 Å². The summed E-state index contributed by atoms with van der Waals surface area (Å²) in [5.41, 5.74) is 2.13. The van der Waals surface area contributed by atoms with E-state index in [9.17, 15) is 9.59 Å². The van der Waals surface area contributed by atoms with E-state index in [0.717, 1.165) is 16.7 Å². The summed E-state index contributed by atoms with van der Waals surface area (Å²) in [4.78, 5) is 35.7. The van der Waals surface area contributed by atoms with Crippen molar-refractivity contribution in [3.63, 3.8) is 0 Å².